The predicted octanol–water partition coefficient (Wildman–Crippen LogP) is 2.25. The number of benzene rings is 2. The fourth-order valence-corrected chi connectivity index (χ4v) is 2.07. The number of nitrogens with one attached hydrogen (secondary N) is 3. The molecular weight excluding hydrogens is 309 g/mol. The number of amides is 3. The molecule has 126 valence electrons. The summed E-state index contributed by atoms with van der Waals surface area (Å²) in [4.78, 5) is 23.4. The summed E-state index contributed by atoms with van der Waals surface area (Å²) in [6.07, 6.45) is 0. The molecule has 3 amide bonds. The van der Waals surface area contributed by atoms with Gasteiger partial charge in [0, 0.05) is 13.1 Å². The molecular formula is C18H20FN3O2. The maximum Gasteiger partial charge on any atom is 0.315 e. The SMILES string of the molecule is Cc1ccccc1CNC(=O)CNC(=O)NCc1ccc(F)cc1. The van der Waals surface area contributed by atoms with E-state index >= 15 is 0 Å². The number of rotatable bonds is 6. The fraction of sp³-hybridized carbons (Fsp3) is 0.222. The smallest absolute Gasteiger partial charge is 0.315 e. The zero-order chi connectivity index (χ0) is 17.4. The zero-order valence-corrected chi connectivity index (χ0v) is 13.4. The maximum absolute atomic E-state index is 12.8. The molecule has 0 bridgehead atoms. The highest BCUT2D eigenvalue weighted by molar-refractivity contribution is 5.83. The quantitative estimate of drug-likeness (QED) is 0.761. The highest BCUT2D eigenvalue weighted by Gasteiger charge is 2.06. The lowest BCUT2D eigenvalue weighted by atomic mass is 10.1. The second-order valence-corrected chi connectivity index (χ2v) is 5.37. The van der Waals surface area contributed by atoms with Crippen LogP contribution in [-0.2, 0) is 17.9 Å². The van der Waals surface area contributed by atoms with E-state index in [1.54, 1.807) is 12.1 Å². The van der Waals surface area contributed by atoms with E-state index in [4.69, 9.17) is 0 Å². The molecule has 0 saturated carbocycles. The van der Waals surface area contributed by atoms with Crippen LogP contribution in [0.3, 0.4) is 0 Å². The van der Waals surface area contributed by atoms with Gasteiger partial charge < -0.3 is 16.0 Å². The van der Waals surface area contributed by atoms with Crippen molar-refractivity contribution in [3.05, 3.63) is 71.0 Å². The maximum atomic E-state index is 12.8. The average Bonchev–Trinajstić information content (AvgIpc) is 2.58. The second-order valence-electron chi connectivity index (χ2n) is 5.37. The molecule has 3 N–H and O–H groups in total. The third-order valence-corrected chi connectivity index (χ3v) is 3.51. The van der Waals surface area contributed by atoms with Gasteiger partial charge in [-0.2, -0.15) is 0 Å². The minimum absolute atomic E-state index is 0.110. The number of hydrogen-bond donors (Lipinski definition) is 3. The molecule has 0 spiro atoms. The third kappa shape index (κ3) is 5.72. The molecule has 0 aliphatic rings. The second kappa shape index (κ2) is 8.67. The van der Waals surface area contributed by atoms with Gasteiger partial charge in [-0.3, -0.25) is 4.79 Å². The van der Waals surface area contributed by atoms with Gasteiger partial charge in [-0.15, -0.1) is 0 Å². The molecule has 6 heteroatoms. The highest BCUT2D eigenvalue weighted by Crippen LogP contribution is 2.05. The lowest BCUT2D eigenvalue weighted by molar-refractivity contribution is -0.120. The van der Waals surface area contributed by atoms with E-state index in [0.717, 1.165) is 16.7 Å². The van der Waals surface area contributed by atoms with E-state index in [9.17, 15) is 14.0 Å². The Morgan fingerprint density at radius 2 is 1.62 bits per heavy atom. The molecule has 0 fully saturated rings. The minimum Gasteiger partial charge on any atom is -0.350 e. The first-order valence-electron chi connectivity index (χ1n) is 7.62. The third-order valence-electron chi connectivity index (χ3n) is 3.51. The Hall–Kier alpha value is -2.89. The Bertz CT molecular complexity index is 702. The van der Waals surface area contributed by atoms with Crippen molar-refractivity contribution in [3.63, 3.8) is 0 Å². The molecule has 0 aromatic heterocycles. The number of aryl methyl sites for hydroxylation is 1. The van der Waals surface area contributed by atoms with Crippen LogP contribution < -0.4 is 16.0 Å². The molecule has 5 nitrogen and oxygen atoms in total. The molecule has 2 aromatic rings. The number of urea groups is 1. The molecule has 0 aliphatic heterocycles. The van der Waals surface area contributed by atoms with Crippen molar-refractivity contribution in [1.82, 2.24) is 16.0 Å². The van der Waals surface area contributed by atoms with Crippen LogP contribution in [-0.4, -0.2) is 18.5 Å². The Balaban J connectivity index is 1.66. The van der Waals surface area contributed by atoms with E-state index in [-0.39, 0.29) is 24.8 Å². The highest BCUT2D eigenvalue weighted by atomic mass is 19.1. The monoisotopic (exact) mass is 329 g/mol. The van der Waals surface area contributed by atoms with Crippen molar-refractivity contribution in [3.8, 4) is 0 Å². The van der Waals surface area contributed by atoms with Crippen molar-refractivity contribution in [1.29, 1.82) is 0 Å². The summed E-state index contributed by atoms with van der Waals surface area (Å²) in [5.74, 6) is -0.594. The van der Waals surface area contributed by atoms with E-state index < -0.39 is 6.03 Å². The van der Waals surface area contributed by atoms with Crippen LogP contribution >= 0.6 is 0 Å². The van der Waals surface area contributed by atoms with Gasteiger partial charge in [-0.1, -0.05) is 36.4 Å². The summed E-state index contributed by atoms with van der Waals surface area (Å²) in [7, 11) is 0. The Morgan fingerprint density at radius 1 is 0.917 bits per heavy atom. The molecule has 0 heterocycles. The number of carbonyl (C=O) groups is 2. The summed E-state index contributed by atoms with van der Waals surface area (Å²) in [5.41, 5.74) is 2.91. The van der Waals surface area contributed by atoms with Gasteiger partial charge in [0.15, 0.2) is 0 Å². The Kier molecular flexibility index (Phi) is 6.31. The van der Waals surface area contributed by atoms with Crippen LogP contribution in [0.15, 0.2) is 48.5 Å². The molecule has 0 radical (unpaired) electrons. The van der Waals surface area contributed by atoms with Crippen molar-refractivity contribution in [2.45, 2.75) is 20.0 Å². The van der Waals surface area contributed by atoms with Gasteiger partial charge in [0.05, 0.1) is 6.54 Å². The average molecular weight is 329 g/mol. The van der Waals surface area contributed by atoms with Crippen LogP contribution in [0.5, 0.6) is 0 Å². The van der Waals surface area contributed by atoms with E-state index in [1.165, 1.54) is 12.1 Å². The lowest BCUT2D eigenvalue weighted by Gasteiger charge is -2.10. The standard InChI is InChI=1S/C18H20FN3O2/c1-13-4-2-3-5-15(13)11-20-17(23)12-22-18(24)21-10-14-6-8-16(19)9-7-14/h2-9H,10-12H2,1H3,(H,20,23)(H2,21,22,24). The van der Waals surface area contributed by atoms with Gasteiger partial charge in [-0.25, -0.2) is 9.18 Å². The molecule has 0 aliphatic carbocycles. The molecule has 0 saturated heterocycles. The summed E-state index contributed by atoms with van der Waals surface area (Å²) in [6.45, 7) is 2.55. The van der Waals surface area contributed by atoms with Gasteiger partial charge in [0.25, 0.3) is 0 Å². The minimum atomic E-state index is -0.453. The van der Waals surface area contributed by atoms with Gasteiger partial charge >= 0.3 is 6.03 Å². The molecule has 0 unspecified atom stereocenters. The van der Waals surface area contributed by atoms with Crippen molar-refractivity contribution in [2.75, 3.05) is 6.54 Å². The zero-order valence-electron chi connectivity index (χ0n) is 13.4. The van der Waals surface area contributed by atoms with Crippen molar-refractivity contribution < 1.29 is 14.0 Å². The fourth-order valence-electron chi connectivity index (χ4n) is 2.07. The van der Waals surface area contributed by atoms with Crippen LogP contribution in [0.2, 0.25) is 0 Å². The summed E-state index contributed by atoms with van der Waals surface area (Å²) in [5, 5.41) is 7.84. The van der Waals surface area contributed by atoms with Crippen LogP contribution in [0.1, 0.15) is 16.7 Å². The first-order valence-corrected chi connectivity index (χ1v) is 7.62. The largest absolute Gasteiger partial charge is 0.350 e. The number of carbonyl (C=O) groups excluding carboxylic acids is 2. The number of halogens is 1. The summed E-state index contributed by atoms with van der Waals surface area (Å²) in [6, 6.07) is 13.1. The normalized spacial score (nSPS) is 10.1. The van der Waals surface area contributed by atoms with Crippen LogP contribution in [0.4, 0.5) is 9.18 Å². The van der Waals surface area contributed by atoms with Crippen molar-refractivity contribution >= 4 is 11.9 Å². The van der Waals surface area contributed by atoms with Crippen LogP contribution in [0, 0.1) is 12.7 Å². The summed E-state index contributed by atoms with van der Waals surface area (Å²) >= 11 is 0. The van der Waals surface area contributed by atoms with Crippen LogP contribution in [0.25, 0.3) is 0 Å². The summed E-state index contributed by atoms with van der Waals surface area (Å²) < 4.78 is 12.8. The molecule has 2 aromatic carbocycles. The lowest BCUT2D eigenvalue weighted by Crippen LogP contribution is -2.41. The Morgan fingerprint density at radius 3 is 2.33 bits per heavy atom. The van der Waals surface area contributed by atoms with Gasteiger partial charge in [0.2, 0.25) is 5.91 Å². The first kappa shape index (κ1) is 17.5. The van der Waals surface area contributed by atoms with Gasteiger partial charge in [-0.05, 0) is 35.7 Å². The van der Waals surface area contributed by atoms with Gasteiger partial charge in [0.1, 0.15) is 5.82 Å². The molecule has 24 heavy (non-hydrogen) atoms. The van der Waals surface area contributed by atoms with E-state index in [2.05, 4.69) is 16.0 Å². The number of hydrogen-bond acceptors (Lipinski definition) is 2. The topological polar surface area (TPSA) is 70.2 Å². The molecule has 0 atom stereocenters. The van der Waals surface area contributed by atoms with Crippen molar-refractivity contribution in [2.24, 2.45) is 0 Å². The van der Waals surface area contributed by atoms with E-state index in [1.807, 2.05) is 31.2 Å². The Labute approximate surface area is 140 Å². The first-order chi connectivity index (χ1) is 11.5. The van der Waals surface area contributed by atoms with E-state index in [0.29, 0.717) is 6.54 Å². The molecule has 2 rings (SSSR count). The predicted molar refractivity (Wildman–Crippen MR) is 89.7 cm³/mol.